The zero-order valence-electron chi connectivity index (χ0n) is 17.4. The lowest BCUT2D eigenvalue weighted by atomic mass is 10.1. The summed E-state index contributed by atoms with van der Waals surface area (Å²) in [7, 11) is 3.11. The highest BCUT2D eigenvalue weighted by atomic mass is 79.9. The van der Waals surface area contributed by atoms with E-state index in [0.717, 1.165) is 28.6 Å². The highest BCUT2D eigenvalue weighted by Crippen LogP contribution is 2.28. The molecule has 8 heteroatoms. The van der Waals surface area contributed by atoms with E-state index in [2.05, 4.69) is 33.7 Å². The Labute approximate surface area is 185 Å². The molecule has 0 aliphatic heterocycles. The first-order valence-corrected chi connectivity index (χ1v) is 10.5. The van der Waals surface area contributed by atoms with Crippen LogP contribution in [0.15, 0.2) is 40.9 Å². The van der Waals surface area contributed by atoms with Crippen molar-refractivity contribution in [3.05, 3.63) is 52.0 Å². The quantitative estimate of drug-likeness (QED) is 0.397. The molecule has 7 nitrogen and oxygen atoms in total. The van der Waals surface area contributed by atoms with Crippen LogP contribution in [0.25, 0.3) is 0 Å². The number of methoxy groups -OCH3 is 2. The lowest BCUT2D eigenvalue weighted by Crippen LogP contribution is -2.41. The minimum absolute atomic E-state index is 0.229. The summed E-state index contributed by atoms with van der Waals surface area (Å²) in [5.74, 6) is 1.05. The van der Waals surface area contributed by atoms with Gasteiger partial charge in [-0.1, -0.05) is 19.4 Å². The lowest BCUT2D eigenvalue weighted by molar-refractivity contribution is -0.121. The van der Waals surface area contributed by atoms with Crippen LogP contribution < -0.4 is 25.1 Å². The number of hydrogen-bond acceptors (Lipinski definition) is 5. The molecule has 0 aliphatic rings. The highest BCUT2D eigenvalue weighted by Gasteiger charge is 2.12. The summed E-state index contributed by atoms with van der Waals surface area (Å²) in [5, 5.41) is 0. The third-order valence-corrected chi connectivity index (χ3v) is 4.97. The topological polar surface area (TPSA) is 85.9 Å². The van der Waals surface area contributed by atoms with Crippen molar-refractivity contribution in [2.24, 2.45) is 0 Å². The molecule has 0 bridgehead atoms. The molecule has 2 aromatic carbocycles. The minimum Gasteiger partial charge on any atom is -0.496 e. The summed E-state index contributed by atoms with van der Waals surface area (Å²) in [5.41, 5.74) is 6.19. The first-order valence-electron chi connectivity index (χ1n) is 9.71. The van der Waals surface area contributed by atoms with Gasteiger partial charge in [-0.05, 0) is 64.7 Å². The number of ether oxygens (including phenoxy) is 3. The van der Waals surface area contributed by atoms with E-state index in [-0.39, 0.29) is 12.3 Å². The van der Waals surface area contributed by atoms with Gasteiger partial charge in [-0.2, -0.15) is 0 Å². The van der Waals surface area contributed by atoms with E-state index in [1.807, 2.05) is 18.2 Å². The second-order valence-corrected chi connectivity index (χ2v) is 7.39. The van der Waals surface area contributed by atoms with Crippen LogP contribution in [0.3, 0.4) is 0 Å². The number of rotatable bonds is 10. The maximum atomic E-state index is 12.3. The SMILES string of the molecule is CCCCOc1ccc(C(=O)NNC(=O)CCc2ccc(OC)c(Br)c2)cc1OC. The van der Waals surface area contributed by atoms with Gasteiger partial charge in [0, 0.05) is 12.0 Å². The molecule has 162 valence electrons. The van der Waals surface area contributed by atoms with Gasteiger partial charge in [0.15, 0.2) is 11.5 Å². The van der Waals surface area contributed by atoms with Crippen LogP contribution in [0.1, 0.15) is 42.1 Å². The summed E-state index contributed by atoms with van der Waals surface area (Å²) >= 11 is 3.42. The molecule has 0 atom stereocenters. The molecule has 2 rings (SSSR count). The van der Waals surface area contributed by atoms with Gasteiger partial charge in [-0.15, -0.1) is 0 Å². The maximum absolute atomic E-state index is 12.3. The standard InChI is InChI=1S/C22H27BrN2O5/c1-4-5-12-30-19-10-8-16(14-20(19)29-3)22(27)25-24-21(26)11-7-15-6-9-18(28-2)17(23)13-15/h6,8-10,13-14H,4-5,7,11-12H2,1-3H3,(H,24,26)(H,25,27). The van der Waals surface area contributed by atoms with Gasteiger partial charge in [0.2, 0.25) is 5.91 Å². The van der Waals surface area contributed by atoms with Gasteiger partial charge in [0.1, 0.15) is 5.75 Å². The van der Waals surface area contributed by atoms with E-state index in [1.54, 1.807) is 25.3 Å². The van der Waals surface area contributed by atoms with Gasteiger partial charge in [-0.3, -0.25) is 20.4 Å². The Morgan fingerprint density at radius 1 is 0.967 bits per heavy atom. The predicted octanol–water partition coefficient (Wildman–Crippen LogP) is 4.04. The van der Waals surface area contributed by atoms with Crippen LogP contribution in [0.4, 0.5) is 0 Å². The minimum atomic E-state index is -0.436. The molecule has 0 spiro atoms. The average molecular weight is 479 g/mol. The number of benzene rings is 2. The fraction of sp³-hybridized carbons (Fsp3) is 0.364. The number of hydrogen-bond donors (Lipinski definition) is 2. The van der Waals surface area contributed by atoms with Gasteiger partial charge < -0.3 is 14.2 Å². The van der Waals surface area contributed by atoms with Gasteiger partial charge in [0.05, 0.1) is 25.3 Å². The molecular formula is C22H27BrN2O5. The van der Waals surface area contributed by atoms with Gasteiger partial charge >= 0.3 is 0 Å². The Hall–Kier alpha value is -2.74. The molecule has 0 fully saturated rings. The first kappa shape index (κ1) is 23.5. The number of unbranched alkanes of at least 4 members (excludes halogenated alkanes) is 1. The van der Waals surface area contributed by atoms with Gasteiger partial charge in [0.25, 0.3) is 5.91 Å². The summed E-state index contributed by atoms with van der Waals surface area (Å²) < 4.78 is 17.0. The number of carbonyl (C=O) groups is 2. The normalized spacial score (nSPS) is 10.3. The number of nitrogens with one attached hydrogen (secondary N) is 2. The fourth-order valence-electron chi connectivity index (χ4n) is 2.64. The highest BCUT2D eigenvalue weighted by molar-refractivity contribution is 9.10. The van der Waals surface area contributed by atoms with Crippen molar-refractivity contribution in [3.63, 3.8) is 0 Å². The Morgan fingerprint density at radius 2 is 1.70 bits per heavy atom. The largest absolute Gasteiger partial charge is 0.496 e. The lowest BCUT2D eigenvalue weighted by Gasteiger charge is -2.12. The molecule has 0 aliphatic carbocycles. The van der Waals surface area contributed by atoms with E-state index >= 15 is 0 Å². The van der Waals surface area contributed by atoms with Crippen LogP contribution in [0.2, 0.25) is 0 Å². The Bertz CT molecular complexity index is 873. The maximum Gasteiger partial charge on any atom is 0.269 e. The van der Waals surface area contributed by atoms with Crippen LogP contribution >= 0.6 is 15.9 Å². The van der Waals surface area contributed by atoms with Crippen molar-refractivity contribution >= 4 is 27.7 Å². The average Bonchev–Trinajstić information content (AvgIpc) is 2.76. The fourth-order valence-corrected chi connectivity index (χ4v) is 3.23. The zero-order chi connectivity index (χ0) is 21.9. The molecule has 0 aromatic heterocycles. The number of hydrazine groups is 1. The van der Waals surface area contributed by atoms with Gasteiger partial charge in [-0.25, -0.2) is 0 Å². The summed E-state index contributed by atoms with van der Waals surface area (Å²) in [4.78, 5) is 24.4. The van der Waals surface area contributed by atoms with E-state index in [4.69, 9.17) is 14.2 Å². The number of halogens is 1. The molecule has 0 unspecified atom stereocenters. The Kier molecular flexibility index (Phi) is 9.47. The molecule has 0 saturated carbocycles. The first-order chi connectivity index (χ1) is 14.5. The molecule has 0 heterocycles. The zero-order valence-corrected chi connectivity index (χ0v) is 19.0. The molecule has 0 radical (unpaired) electrons. The summed E-state index contributed by atoms with van der Waals surface area (Å²) in [6.45, 7) is 2.66. The molecular weight excluding hydrogens is 452 g/mol. The second-order valence-electron chi connectivity index (χ2n) is 6.54. The molecule has 2 aromatic rings. The summed E-state index contributed by atoms with van der Waals surface area (Å²) in [6.07, 6.45) is 2.72. The van der Waals surface area contributed by atoms with Crippen LogP contribution in [-0.2, 0) is 11.2 Å². The van der Waals surface area contributed by atoms with Crippen molar-refractivity contribution in [1.29, 1.82) is 0 Å². The van der Waals surface area contributed by atoms with Crippen LogP contribution in [0.5, 0.6) is 17.2 Å². The number of carbonyl (C=O) groups excluding carboxylic acids is 2. The molecule has 30 heavy (non-hydrogen) atoms. The second kappa shape index (κ2) is 12.1. The predicted molar refractivity (Wildman–Crippen MR) is 118 cm³/mol. The van der Waals surface area contributed by atoms with Crippen LogP contribution in [-0.4, -0.2) is 32.6 Å². The monoisotopic (exact) mass is 478 g/mol. The van der Waals surface area contributed by atoms with E-state index in [9.17, 15) is 9.59 Å². The third-order valence-electron chi connectivity index (χ3n) is 4.35. The van der Waals surface area contributed by atoms with Crippen molar-refractivity contribution in [1.82, 2.24) is 10.9 Å². The Morgan fingerprint density at radius 3 is 2.37 bits per heavy atom. The van der Waals surface area contributed by atoms with Crippen molar-refractivity contribution in [2.45, 2.75) is 32.6 Å². The van der Waals surface area contributed by atoms with E-state index in [1.165, 1.54) is 7.11 Å². The smallest absolute Gasteiger partial charge is 0.269 e. The van der Waals surface area contributed by atoms with E-state index < -0.39 is 5.91 Å². The van der Waals surface area contributed by atoms with Crippen LogP contribution in [0, 0.1) is 0 Å². The van der Waals surface area contributed by atoms with Crippen molar-refractivity contribution < 1.29 is 23.8 Å². The van der Waals surface area contributed by atoms with Crippen molar-refractivity contribution in [2.75, 3.05) is 20.8 Å². The summed E-state index contributed by atoms with van der Waals surface area (Å²) in [6, 6.07) is 10.5. The molecule has 0 saturated heterocycles. The van der Waals surface area contributed by atoms with Crippen molar-refractivity contribution in [3.8, 4) is 17.2 Å². The molecule has 2 N–H and O–H groups in total. The Balaban J connectivity index is 1.85. The molecule has 2 amide bonds. The number of amides is 2. The third kappa shape index (κ3) is 6.95. The van der Waals surface area contributed by atoms with E-state index in [0.29, 0.717) is 30.1 Å². The number of aryl methyl sites for hydroxylation is 1.